The molecule has 6 atom stereocenters. The maximum Gasteiger partial charge on any atom is 0.246 e. The first kappa shape index (κ1) is 55.6. The smallest absolute Gasteiger partial charge is 0.246 e. The van der Waals surface area contributed by atoms with Crippen LogP contribution < -0.4 is 22.1 Å². The van der Waals surface area contributed by atoms with Crippen molar-refractivity contribution in [1.29, 1.82) is 0 Å². The zero-order valence-electron chi connectivity index (χ0n) is 41.6. The number of carbonyl (C=O) groups excluding carboxylic acids is 6. The summed E-state index contributed by atoms with van der Waals surface area (Å²) < 4.78 is 0. The van der Waals surface area contributed by atoms with E-state index in [0.29, 0.717) is 25.9 Å². The first-order valence-corrected chi connectivity index (χ1v) is 22.9. The monoisotopic (exact) mass is 905 g/mol. The van der Waals surface area contributed by atoms with E-state index in [9.17, 15) is 28.8 Å². The van der Waals surface area contributed by atoms with E-state index in [4.69, 9.17) is 11.5 Å². The molecule has 0 unspecified atom stereocenters. The van der Waals surface area contributed by atoms with Gasteiger partial charge in [0.1, 0.15) is 30.2 Å². The number of rotatable bonds is 25. The van der Waals surface area contributed by atoms with E-state index in [0.717, 1.165) is 11.1 Å². The standard InChI is InChI=1S/C49H80N10O6/c1-31(2)39(52-9)45(62)56(11)38(30-36-25-19-16-20-26-36)44(61)57(12)41(33(5)6)47(64)59(14)42(34(7)8)48(65)58(13)40(32(3)4)46(63)55(10)37(29-35-23-17-15-18-24-35)43(60)53-27-21-22-28-54-49(50)51/h15-20,23-26,31-34,37-42,52H,21-22,27-30H2,1-14H3,(H,53,60)(H4,50,51,54)/t37-,38-,39-,40-,41-,42-/m0/s1. The molecule has 0 saturated carbocycles. The third-order valence-electron chi connectivity index (χ3n) is 12.1. The maximum atomic E-state index is 14.8. The van der Waals surface area contributed by atoms with Crippen LogP contribution in [0.2, 0.25) is 0 Å². The van der Waals surface area contributed by atoms with E-state index >= 15 is 0 Å². The molecule has 0 aromatic heterocycles. The summed E-state index contributed by atoms with van der Waals surface area (Å²) in [4.78, 5) is 97.8. The van der Waals surface area contributed by atoms with Gasteiger partial charge in [0.2, 0.25) is 35.4 Å². The lowest BCUT2D eigenvalue weighted by Crippen LogP contribution is -2.63. The summed E-state index contributed by atoms with van der Waals surface area (Å²) >= 11 is 0. The molecule has 6 amide bonds. The largest absolute Gasteiger partial charge is 0.370 e. The molecule has 2 aromatic carbocycles. The van der Waals surface area contributed by atoms with Gasteiger partial charge in [-0.25, -0.2) is 0 Å². The van der Waals surface area contributed by atoms with E-state index in [2.05, 4.69) is 15.6 Å². The molecule has 16 nitrogen and oxygen atoms in total. The number of guanidine groups is 1. The van der Waals surface area contributed by atoms with Gasteiger partial charge in [0.15, 0.2) is 5.96 Å². The van der Waals surface area contributed by atoms with E-state index in [1.165, 1.54) is 24.5 Å². The van der Waals surface area contributed by atoms with Crippen LogP contribution in [0.5, 0.6) is 0 Å². The Hall–Kier alpha value is -5.51. The molecule has 0 radical (unpaired) electrons. The molecule has 2 aromatic rings. The van der Waals surface area contributed by atoms with Gasteiger partial charge >= 0.3 is 0 Å². The molecule has 0 saturated heterocycles. The molecule has 0 aliphatic heterocycles. The van der Waals surface area contributed by atoms with Crippen molar-refractivity contribution in [3.05, 3.63) is 71.8 Å². The number of unbranched alkanes of at least 4 members (excludes halogenated alkanes) is 1. The van der Waals surface area contributed by atoms with Crippen LogP contribution >= 0.6 is 0 Å². The third kappa shape index (κ3) is 15.6. The summed E-state index contributed by atoms with van der Waals surface area (Å²) in [6.45, 7) is 15.7. The molecule has 6 N–H and O–H groups in total. The second-order valence-corrected chi connectivity index (χ2v) is 18.5. The van der Waals surface area contributed by atoms with Crippen LogP contribution in [0.15, 0.2) is 65.7 Å². The van der Waals surface area contributed by atoms with Crippen molar-refractivity contribution in [2.24, 2.45) is 40.1 Å². The predicted molar refractivity (Wildman–Crippen MR) is 258 cm³/mol. The first-order chi connectivity index (χ1) is 30.5. The van der Waals surface area contributed by atoms with Gasteiger partial charge in [-0.15, -0.1) is 0 Å². The third-order valence-corrected chi connectivity index (χ3v) is 12.1. The number of aliphatic imine (C=N–C) groups is 1. The lowest BCUT2D eigenvalue weighted by atomic mass is 9.94. The Morgan fingerprint density at radius 2 is 0.908 bits per heavy atom. The summed E-state index contributed by atoms with van der Waals surface area (Å²) in [5.41, 5.74) is 12.6. The number of nitrogens with zero attached hydrogens (tertiary/aromatic N) is 6. The quantitative estimate of drug-likeness (QED) is 0.0656. The normalized spacial score (nSPS) is 14.2. The number of hydrogen-bond acceptors (Lipinski definition) is 8. The zero-order chi connectivity index (χ0) is 49.3. The number of hydrogen-bond donors (Lipinski definition) is 4. The van der Waals surface area contributed by atoms with Gasteiger partial charge in [0.25, 0.3) is 0 Å². The molecule has 0 aliphatic carbocycles. The summed E-state index contributed by atoms with van der Waals surface area (Å²) in [7, 11) is 9.60. The number of likely N-dealkylation sites (N-methyl/N-ethyl adjacent to an activating group) is 6. The fourth-order valence-corrected chi connectivity index (χ4v) is 8.48. The van der Waals surface area contributed by atoms with Crippen LogP contribution in [0.25, 0.3) is 0 Å². The summed E-state index contributed by atoms with van der Waals surface area (Å²) in [6, 6.07) is 13.5. The highest BCUT2D eigenvalue weighted by Gasteiger charge is 2.44. The maximum absolute atomic E-state index is 14.8. The van der Waals surface area contributed by atoms with Crippen LogP contribution in [-0.2, 0) is 41.6 Å². The Labute approximate surface area is 388 Å². The average molecular weight is 905 g/mol. The van der Waals surface area contributed by atoms with Crippen molar-refractivity contribution in [1.82, 2.24) is 35.1 Å². The Morgan fingerprint density at radius 3 is 1.29 bits per heavy atom. The Balaban J connectivity index is 2.48. The van der Waals surface area contributed by atoms with E-state index < -0.39 is 65.8 Å². The zero-order valence-corrected chi connectivity index (χ0v) is 41.6. The SMILES string of the molecule is CN[C@H](C(=O)N(C)[C@@H](Cc1ccccc1)C(=O)N(C)[C@H](C(=O)N(C)[C@H](C(=O)N(C)[C@H](C(=O)N(C)[C@@H](Cc1ccccc1)C(=O)NCCCCN=C(N)N)C(C)C)C(C)C)C(C)C)C(C)C. The van der Waals surface area contributed by atoms with Gasteiger partial charge in [-0.2, -0.15) is 0 Å². The summed E-state index contributed by atoms with van der Waals surface area (Å²) in [6.07, 6.45) is 1.74. The second-order valence-electron chi connectivity index (χ2n) is 18.5. The van der Waals surface area contributed by atoms with Crippen LogP contribution in [0.1, 0.15) is 79.4 Å². The van der Waals surface area contributed by atoms with Gasteiger partial charge in [-0.05, 0) is 54.7 Å². The number of amides is 6. The van der Waals surface area contributed by atoms with Crippen molar-refractivity contribution in [2.75, 3.05) is 55.4 Å². The highest BCUT2D eigenvalue weighted by molar-refractivity contribution is 5.97. The van der Waals surface area contributed by atoms with Crippen molar-refractivity contribution in [3.63, 3.8) is 0 Å². The van der Waals surface area contributed by atoms with Crippen molar-refractivity contribution in [3.8, 4) is 0 Å². The molecule has 0 heterocycles. The fraction of sp³-hybridized carbons (Fsp3) is 0.612. The second kappa shape index (κ2) is 26.5. The lowest BCUT2D eigenvalue weighted by Gasteiger charge is -2.42. The number of nitrogens with two attached hydrogens (primary N) is 2. The molecule has 0 bridgehead atoms. The Kier molecular flexibility index (Phi) is 22.6. The van der Waals surface area contributed by atoms with Gasteiger partial charge in [0.05, 0.1) is 6.04 Å². The minimum Gasteiger partial charge on any atom is -0.370 e. The summed E-state index contributed by atoms with van der Waals surface area (Å²) in [5, 5.41) is 6.05. The van der Waals surface area contributed by atoms with Gasteiger partial charge < -0.3 is 46.6 Å². The molecular formula is C49H80N10O6. The molecule has 362 valence electrons. The van der Waals surface area contributed by atoms with Crippen LogP contribution in [0.3, 0.4) is 0 Å². The highest BCUT2D eigenvalue weighted by Crippen LogP contribution is 2.24. The number of carbonyl (C=O) groups is 6. The van der Waals surface area contributed by atoms with Crippen molar-refractivity contribution >= 4 is 41.4 Å². The topological polar surface area (TPSA) is 207 Å². The Bertz CT molecular complexity index is 1870. The fourth-order valence-electron chi connectivity index (χ4n) is 8.48. The van der Waals surface area contributed by atoms with Gasteiger partial charge in [0, 0.05) is 61.2 Å². The lowest BCUT2D eigenvalue weighted by molar-refractivity contribution is -0.158. The van der Waals surface area contributed by atoms with E-state index in [-0.39, 0.29) is 48.4 Å². The minimum absolute atomic E-state index is 0.00404. The molecule has 65 heavy (non-hydrogen) atoms. The molecular weight excluding hydrogens is 825 g/mol. The summed E-state index contributed by atoms with van der Waals surface area (Å²) in [5.74, 6) is -3.55. The van der Waals surface area contributed by atoms with Gasteiger partial charge in [-0.3, -0.25) is 33.8 Å². The average Bonchev–Trinajstić information content (AvgIpc) is 3.25. The highest BCUT2D eigenvalue weighted by atomic mass is 16.2. The molecule has 0 fully saturated rings. The van der Waals surface area contributed by atoms with E-state index in [1.54, 1.807) is 42.3 Å². The number of nitrogens with one attached hydrogen (secondary N) is 2. The molecule has 16 heteroatoms. The first-order valence-electron chi connectivity index (χ1n) is 22.9. The van der Waals surface area contributed by atoms with Crippen LogP contribution in [0, 0.1) is 23.7 Å². The van der Waals surface area contributed by atoms with Crippen molar-refractivity contribution < 1.29 is 28.8 Å². The Morgan fingerprint density at radius 1 is 0.523 bits per heavy atom. The number of benzene rings is 2. The molecule has 2 rings (SSSR count). The molecule has 0 spiro atoms. The van der Waals surface area contributed by atoms with Crippen LogP contribution in [-0.4, -0.2) is 158 Å². The minimum atomic E-state index is -1.02. The van der Waals surface area contributed by atoms with E-state index in [1.807, 2.05) is 116 Å². The van der Waals surface area contributed by atoms with Crippen molar-refractivity contribution in [2.45, 2.75) is 117 Å². The predicted octanol–water partition coefficient (Wildman–Crippen LogP) is 2.99. The van der Waals surface area contributed by atoms with Gasteiger partial charge in [-0.1, -0.05) is 116 Å². The van der Waals surface area contributed by atoms with Crippen LogP contribution in [0.4, 0.5) is 0 Å². The molecule has 0 aliphatic rings.